The van der Waals surface area contributed by atoms with E-state index in [1.165, 1.54) is 0 Å². The lowest BCUT2D eigenvalue weighted by atomic mass is 10.1. The molecule has 3 N–H and O–H groups in total. The second kappa shape index (κ2) is 7.78. The van der Waals surface area contributed by atoms with Gasteiger partial charge in [0.05, 0.1) is 12.5 Å². The number of amides is 2. The van der Waals surface area contributed by atoms with Gasteiger partial charge in [0, 0.05) is 19.0 Å². The van der Waals surface area contributed by atoms with Crippen molar-refractivity contribution >= 4 is 11.8 Å². The summed E-state index contributed by atoms with van der Waals surface area (Å²) in [6, 6.07) is 9.49. The SMILES string of the molecule is O=C(CC(O)c1ccccc1)NCCCC(=O)NC1CC1. The van der Waals surface area contributed by atoms with E-state index >= 15 is 0 Å². The fraction of sp³-hybridized carbons (Fsp3) is 0.500. The highest BCUT2D eigenvalue weighted by Gasteiger charge is 2.22. The highest BCUT2D eigenvalue weighted by molar-refractivity contribution is 5.77. The number of aliphatic hydroxyl groups is 1. The third kappa shape index (κ3) is 5.95. The van der Waals surface area contributed by atoms with Crippen LogP contribution in [0.2, 0.25) is 0 Å². The topological polar surface area (TPSA) is 78.4 Å². The summed E-state index contributed by atoms with van der Waals surface area (Å²) in [6.07, 6.45) is 2.46. The Kier molecular flexibility index (Phi) is 5.75. The second-order valence-electron chi connectivity index (χ2n) is 5.43. The normalized spacial score (nSPS) is 15.3. The second-order valence-corrected chi connectivity index (χ2v) is 5.43. The quantitative estimate of drug-likeness (QED) is 0.631. The lowest BCUT2D eigenvalue weighted by Crippen LogP contribution is -2.29. The number of rotatable bonds is 8. The van der Waals surface area contributed by atoms with Crippen LogP contribution in [0.15, 0.2) is 30.3 Å². The maximum Gasteiger partial charge on any atom is 0.222 e. The molecule has 0 aromatic heterocycles. The lowest BCUT2D eigenvalue weighted by Gasteiger charge is -2.11. The Morgan fingerprint density at radius 2 is 1.90 bits per heavy atom. The van der Waals surface area contributed by atoms with Crippen LogP contribution in [0.3, 0.4) is 0 Å². The molecule has 1 atom stereocenters. The Bertz CT molecular complexity index is 472. The van der Waals surface area contributed by atoms with Gasteiger partial charge in [0.25, 0.3) is 0 Å². The van der Waals surface area contributed by atoms with Crippen molar-refractivity contribution in [1.82, 2.24) is 10.6 Å². The van der Waals surface area contributed by atoms with Crippen molar-refractivity contribution in [2.75, 3.05) is 6.54 Å². The molecule has 1 fully saturated rings. The maximum atomic E-state index is 11.7. The minimum Gasteiger partial charge on any atom is -0.388 e. The number of nitrogens with one attached hydrogen (secondary N) is 2. The first-order chi connectivity index (χ1) is 10.1. The van der Waals surface area contributed by atoms with Gasteiger partial charge in [0.15, 0.2) is 0 Å². The summed E-state index contributed by atoms with van der Waals surface area (Å²) >= 11 is 0. The molecule has 0 spiro atoms. The van der Waals surface area contributed by atoms with E-state index in [2.05, 4.69) is 10.6 Å². The Labute approximate surface area is 124 Å². The number of hydrogen-bond donors (Lipinski definition) is 3. The number of aliphatic hydroxyl groups excluding tert-OH is 1. The third-order valence-electron chi connectivity index (χ3n) is 3.41. The Balaban J connectivity index is 1.57. The summed E-state index contributed by atoms with van der Waals surface area (Å²) < 4.78 is 0. The molecule has 0 heterocycles. The van der Waals surface area contributed by atoms with Crippen LogP contribution in [-0.4, -0.2) is 29.5 Å². The van der Waals surface area contributed by atoms with Gasteiger partial charge in [0.2, 0.25) is 11.8 Å². The van der Waals surface area contributed by atoms with E-state index in [1.807, 2.05) is 18.2 Å². The van der Waals surface area contributed by atoms with Crippen LogP contribution in [-0.2, 0) is 9.59 Å². The molecule has 5 heteroatoms. The van der Waals surface area contributed by atoms with Crippen molar-refractivity contribution in [3.8, 4) is 0 Å². The minimum atomic E-state index is -0.788. The van der Waals surface area contributed by atoms with Gasteiger partial charge in [-0.25, -0.2) is 0 Å². The molecule has 5 nitrogen and oxygen atoms in total. The van der Waals surface area contributed by atoms with Gasteiger partial charge in [-0.1, -0.05) is 30.3 Å². The number of hydrogen-bond acceptors (Lipinski definition) is 3. The van der Waals surface area contributed by atoms with E-state index in [9.17, 15) is 14.7 Å². The number of carbonyl (C=O) groups excluding carboxylic acids is 2. The minimum absolute atomic E-state index is 0.0400. The Hall–Kier alpha value is -1.88. The molecule has 21 heavy (non-hydrogen) atoms. The van der Waals surface area contributed by atoms with Crippen LogP contribution in [0.4, 0.5) is 0 Å². The summed E-state index contributed by atoms with van der Waals surface area (Å²) in [5, 5.41) is 15.5. The van der Waals surface area contributed by atoms with Gasteiger partial charge in [-0.3, -0.25) is 9.59 Å². The van der Waals surface area contributed by atoms with E-state index in [0.29, 0.717) is 25.4 Å². The summed E-state index contributed by atoms with van der Waals surface area (Å²) in [5.41, 5.74) is 0.733. The fourth-order valence-corrected chi connectivity index (χ4v) is 2.05. The van der Waals surface area contributed by atoms with Crippen molar-refractivity contribution in [3.63, 3.8) is 0 Å². The molecule has 0 aliphatic heterocycles. The molecule has 1 unspecified atom stereocenters. The average Bonchev–Trinajstić information content (AvgIpc) is 3.28. The highest BCUT2D eigenvalue weighted by atomic mass is 16.3. The molecule has 0 bridgehead atoms. The van der Waals surface area contributed by atoms with E-state index in [1.54, 1.807) is 12.1 Å². The summed E-state index contributed by atoms with van der Waals surface area (Å²) in [5.74, 6) is -0.148. The summed E-state index contributed by atoms with van der Waals surface area (Å²) in [6.45, 7) is 0.457. The molecular formula is C16H22N2O3. The van der Waals surface area contributed by atoms with Gasteiger partial charge in [-0.05, 0) is 24.8 Å². The van der Waals surface area contributed by atoms with E-state index in [4.69, 9.17) is 0 Å². The predicted octanol–water partition coefficient (Wildman–Crippen LogP) is 1.29. The number of benzene rings is 1. The van der Waals surface area contributed by atoms with Crippen molar-refractivity contribution < 1.29 is 14.7 Å². The molecule has 0 saturated heterocycles. The molecular weight excluding hydrogens is 268 g/mol. The van der Waals surface area contributed by atoms with E-state index in [-0.39, 0.29) is 18.2 Å². The van der Waals surface area contributed by atoms with Crippen molar-refractivity contribution in [2.45, 2.75) is 44.2 Å². The van der Waals surface area contributed by atoms with E-state index in [0.717, 1.165) is 18.4 Å². The lowest BCUT2D eigenvalue weighted by molar-refractivity contribution is -0.124. The molecule has 2 amide bonds. The zero-order valence-electron chi connectivity index (χ0n) is 12.0. The van der Waals surface area contributed by atoms with Crippen LogP contribution < -0.4 is 10.6 Å². The van der Waals surface area contributed by atoms with E-state index < -0.39 is 6.10 Å². The molecule has 1 aliphatic carbocycles. The molecule has 0 radical (unpaired) electrons. The molecule has 2 rings (SSSR count). The molecule has 1 aliphatic rings. The van der Waals surface area contributed by atoms with Crippen molar-refractivity contribution in [1.29, 1.82) is 0 Å². The maximum absolute atomic E-state index is 11.7. The molecule has 1 saturated carbocycles. The van der Waals surface area contributed by atoms with Crippen LogP contribution in [0, 0.1) is 0 Å². The Morgan fingerprint density at radius 1 is 1.19 bits per heavy atom. The first kappa shape index (κ1) is 15.5. The average molecular weight is 290 g/mol. The van der Waals surface area contributed by atoms with Crippen molar-refractivity contribution in [3.05, 3.63) is 35.9 Å². The van der Waals surface area contributed by atoms with Gasteiger partial charge >= 0.3 is 0 Å². The first-order valence-electron chi connectivity index (χ1n) is 7.44. The monoisotopic (exact) mass is 290 g/mol. The Morgan fingerprint density at radius 3 is 2.57 bits per heavy atom. The van der Waals surface area contributed by atoms with Gasteiger partial charge in [-0.15, -0.1) is 0 Å². The summed E-state index contributed by atoms with van der Waals surface area (Å²) in [7, 11) is 0. The van der Waals surface area contributed by atoms with Gasteiger partial charge < -0.3 is 15.7 Å². The summed E-state index contributed by atoms with van der Waals surface area (Å²) in [4.78, 5) is 23.1. The van der Waals surface area contributed by atoms with Gasteiger partial charge in [-0.2, -0.15) is 0 Å². The third-order valence-corrected chi connectivity index (χ3v) is 3.41. The molecule has 1 aromatic rings. The molecule has 114 valence electrons. The van der Waals surface area contributed by atoms with Crippen LogP contribution in [0.25, 0.3) is 0 Å². The first-order valence-corrected chi connectivity index (χ1v) is 7.44. The number of carbonyl (C=O) groups is 2. The highest BCUT2D eigenvalue weighted by Crippen LogP contribution is 2.18. The standard InChI is InChI=1S/C16H22N2O3/c19-14(12-5-2-1-3-6-12)11-16(21)17-10-4-7-15(20)18-13-8-9-13/h1-3,5-6,13-14,19H,4,7-11H2,(H,17,21)(H,18,20). The van der Waals surface area contributed by atoms with Gasteiger partial charge in [0.1, 0.15) is 0 Å². The van der Waals surface area contributed by atoms with Crippen LogP contribution >= 0.6 is 0 Å². The smallest absolute Gasteiger partial charge is 0.222 e. The largest absolute Gasteiger partial charge is 0.388 e. The zero-order valence-corrected chi connectivity index (χ0v) is 12.0. The fourth-order valence-electron chi connectivity index (χ4n) is 2.05. The van der Waals surface area contributed by atoms with Crippen molar-refractivity contribution in [2.24, 2.45) is 0 Å². The predicted molar refractivity (Wildman–Crippen MR) is 79.4 cm³/mol. The van der Waals surface area contributed by atoms with Crippen LogP contribution in [0.1, 0.15) is 43.8 Å². The van der Waals surface area contributed by atoms with Crippen LogP contribution in [0.5, 0.6) is 0 Å². The zero-order chi connectivity index (χ0) is 15.1. The molecule has 1 aromatic carbocycles.